The van der Waals surface area contributed by atoms with E-state index >= 15 is 0 Å². The number of rotatable bonds is 6. The Hall–Kier alpha value is -3.81. The molecule has 35 heavy (non-hydrogen) atoms. The Morgan fingerprint density at radius 3 is 2.63 bits per heavy atom. The molecule has 8 heteroatoms. The molecule has 3 heterocycles. The van der Waals surface area contributed by atoms with Crippen molar-refractivity contribution in [1.82, 2.24) is 14.8 Å². The molecule has 0 saturated heterocycles. The Balaban J connectivity index is 1.41. The molecule has 0 unspecified atom stereocenters. The number of fused-ring (bicyclic) bond motifs is 3. The van der Waals surface area contributed by atoms with Crippen molar-refractivity contribution in [2.45, 2.75) is 17.5 Å². The average Bonchev–Trinajstić information content (AvgIpc) is 3.53. The summed E-state index contributed by atoms with van der Waals surface area (Å²) in [5.74, 6) is 2.02. The molecule has 0 aliphatic carbocycles. The average molecular weight is 500 g/mol. The van der Waals surface area contributed by atoms with Crippen LogP contribution in [0, 0.1) is 0 Å². The number of furan rings is 1. The third-order valence-electron chi connectivity index (χ3n) is 5.78. The number of halogens is 1. The van der Waals surface area contributed by atoms with Crippen LogP contribution in [0.15, 0.2) is 104 Å². The van der Waals surface area contributed by atoms with Gasteiger partial charge < -0.3 is 8.83 Å². The number of benzene rings is 3. The van der Waals surface area contributed by atoms with Crippen LogP contribution in [0.4, 0.5) is 0 Å². The minimum absolute atomic E-state index is 0.373. The van der Waals surface area contributed by atoms with Gasteiger partial charge in [0.1, 0.15) is 11.3 Å². The number of hydrogen-bond acceptors (Lipinski definition) is 6. The highest BCUT2D eigenvalue weighted by molar-refractivity contribution is 7.98. The summed E-state index contributed by atoms with van der Waals surface area (Å²) in [5.41, 5.74) is 1.99. The smallest absolute Gasteiger partial charge is 0.336 e. The van der Waals surface area contributed by atoms with Crippen LogP contribution in [-0.4, -0.2) is 14.8 Å². The maximum absolute atomic E-state index is 12.3. The van der Waals surface area contributed by atoms with Crippen molar-refractivity contribution < 1.29 is 8.83 Å². The summed E-state index contributed by atoms with van der Waals surface area (Å²) in [4.78, 5) is 12.3. The summed E-state index contributed by atoms with van der Waals surface area (Å²) < 4.78 is 13.1. The molecule has 0 aliphatic heterocycles. The summed E-state index contributed by atoms with van der Waals surface area (Å²) in [6.07, 6.45) is 1.65. The first-order valence-corrected chi connectivity index (χ1v) is 12.3. The first-order valence-electron chi connectivity index (χ1n) is 10.9. The van der Waals surface area contributed by atoms with Crippen LogP contribution in [0.25, 0.3) is 33.1 Å². The van der Waals surface area contributed by atoms with E-state index in [9.17, 15) is 4.79 Å². The van der Waals surface area contributed by atoms with Crippen molar-refractivity contribution in [3.63, 3.8) is 0 Å². The predicted octanol–water partition coefficient (Wildman–Crippen LogP) is 6.79. The van der Waals surface area contributed by atoms with Crippen molar-refractivity contribution in [3.8, 4) is 11.4 Å². The summed E-state index contributed by atoms with van der Waals surface area (Å²) in [5, 5.41) is 13.4. The van der Waals surface area contributed by atoms with Gasteiger partial charge in [0.2, 0.25) is 0 Å². The largest absolute Gasteiger partial charge is 0.467 e. The highest BCUT2D eigenvalue weighted by Gasteiger charge is 2.17. The van der Waals surface area contributed by atoms with Gasteiger partial charge in [0.25, 0.3) is 0 Å². The van der Waals surface area contributed by atoms with Crippen LogP contribution >= 0.6 is 23.4 Å². The zero-order valence-corrected chi connectivity index (χ0v) is 19.9. The van der Waals surface area contributed by atoms with E-state index in [1.165, 1.54) is 11.8 Å². The number of aromatic nitrogens is 3. The van der Waals surface area contributed by atoms with Gasteiger partial charge >= 0.3 is 5.63 Å². The topological polar surface area (TPSA) is 74.1 Å². The van der Waals surface area contributed by atoms with E-state index in [2.05, 4.69) is 16.3 Å². The molecule has 172 valence electrons. The molecule has 0 spiro atoms. The number of hydrogen-bond donors (Lipinski definition) is 0. The Morgan fingerprint density at radius 2 is 1.80 bits per heavy atom. The van der Waals surface area contributed by atoms with Crippen molar-refractivity contribution in [2.24, 2.45) is 0 Å². The van der Waals surface area contributed by atoms with E-state index < -0.39 is 0 Å². The molecule has 3 aromatic heterocycles. The normalized spacial score (nSPS) is 11.5. The van der Waals surface area contributed by atoms with E-state index in [-0.39, 0.29) is 5.63 Å². The summed E-state index contributed by atoms with van der Waals surface area (Å²) in [6, 6.07) is 24.7. The Bertz CT molecular complexity index is 1710. The molecule has 0 amide bonds. The van der Waals surface area contributed by atoms with Crippen LogP contribution in [-0.2, 0) is 12.3 Å². The van der Waals surface area contributed by atoms with E-state index in [1.54, 1.807) is 12.3 Å². The van der Waals surface area contributed by atoms with Gasteiger partial charge in [0, 0.05) is 27.8 Å². The minimum atomic E-state index is -0.373. The highest BCUT2D eigenvalue weighted by Crippen LogP contribution is 2.33. The molecule has 0 aliphatic rings. The molecule has 6 aromatic rings. The Labute approximate surface area is 209 Å². The van der Waals surface area contributed by atoms with E-state index in [0.717, 1.165) is 33.0 Å². The fraction of sp³-hybridized carbons (Fsp3) is 0.0741. The van der Waals surface area contributed by atoms with E-state index in [1.807, 2.05) is 71.3 Å². The van der Waals surface area contributed by atoms with Crippen LogP contribution < -0.4 is 5.63 Å². The molecule has 0 saturated carbocycles. The standard InChI is InChI=1S/C27H18ClN3O3S/c28-20-10-7-18(8-11-20)26-29-30-27(31(26)15-21-5-3-13-33-21)35-16-19-14-24(32)34-23-12-9-17-4-1-2-6-22(17)25(19)23/h1-14H,15-16H2. The van der Waals surface area contributed by atoms with Crippen molar-refractivity contribution in [2.75, 3.05) is 0 Å². The van der Waals surface area contributed by atoms with Crippen LogP contribution in [0.1, 0.15) is 11.3 Å². The second-order valence-corrected chi connectivity index (χ2v) is 9.40. The maximum Gasteiger partial charge on any atom is 0.336 e. The van der Waals surface area contributed by atoms with E-state index in [4.69, 9.17) is 20.4 Å². The van der Waals surface area contributed by atoms with Crippen LogP contribution in [0.5, 0.6) is 0 Å². The molecule has 0 atom stereocenters. The zero-order chi connectivity index (χ0) is 23.8. The van der Waals surface area contributed by atoms with Crippen molar-refractivity contribution >= 4 is 45.1 Å². The maximum atomic E-state index is 12.3. The van der Waals surface area contributed by atoms with Crippen molar-refractivity contribution in [3.05, 3.63) is 112 Å². The zero-order valence-electron chi connectivity index (χ0n) is 18.3. The molecule has 6 rings (SSSR count). The first kappa shape index (κ1) is 21.7. The third-order valence-corrected chi connectivity index (χ3v) is 7.05. The van der Waals surface area contributed by atoms with Gasteiger partial charge in [-0.2, -0.15) is 0 Å². The predicted molar refractivity (Wildman–Crippen MR) is 138 cm³/mol. The van der Waals surface area contributed by atoms with Gasteiger partial charge in [-0.1, -0.05) is 53.7 Å². The molecule has 0 bridgehead atoms. The number of thioether (sulfide) groups is 1. The SMILES string of the molecule is O=c1cc(CSc2nnc(-c3ccc(Cl)cc3)n2Cc2ccco2)c2c(ccc3ccccc32)o1. The van der Waals surface area contributed by atoms with Gasteiger partial charge in [-0.25, -0.2) is 4.79 Å². The summed E-state index contributed by atoms with van der Waals surface area (Å²) >= 11 is 7.60. The fourth-order valence-corrected chi connectivity index (χ4v) is 5.23. The van der Waals surface area contributed by atoms with Gasteiger partial charge in [-0.3, -0.25) is 4.57 Å². The first-order chi connectivity index (χ1) is 17.2. The quantitative estimate of drug-likeness (QED) is 0.143. The second kappa shape index (κ2) is 9.09. The summed E-state index contributed by atoms with van der Waals surface area (Å²) in [7, 11) is 0. The van der Waals surface area contributed by atoms with Gasteiger partial charge in [-0.05, 0) is 58.8 Å². The van der Waals surface area contributed by atoms with E-state index in [0.29, 0.717) is 33.9 Å². The Kier molecular flexibility index (Phi) is 5.64. The van der Waals surface area contributed by atoms with Gasteiger partial charge in [0.15, 0.2) is 11.0 Å². The number of nitrogens with zero attached hydrogens (tertiary/aromatic N) is 3. The van der Waals surface area contributed by atoms with Crippen LogP contribution in [0.3, 0.4) is 0 Å². The van der Waals surface area contributed by atoms with Crippen LogP contribution in [0.2, 0.25) is 5.02 Å². The molecular formula is C27H18ClN3O3S. The molecule has 6 nitrogen and oxygen atoms in total. The van der Waals surface area contributed by atoms with Gasteiger partial charge in [0.05, 0.1) is 12.8 Å². The minimum Gasteiger partial charge on any atom is -0.467 e. The third kappa shape index (κ3) is 4.24. The highest BCUT2D eigenvalue weighted by atomic mass is 35.5. The monoisotopic (exact) mass is 499 g/mol. The Morgan fingerprint density at radius 1 is 0.943 bits per heavy atom. The molecule has 0 N–H and O–H groups in total. The molecule has 0 fully saturated rings. The molecule has 0 radical (unpaired) electrons. The lowest BCUT2D eigenvalue weighted by Crippen LogP contribution is -2.04. The van der Waals surface area contributed by atoms with Gasteiger partial charge in [-0.15, -0.1) is 10.2 Å². The van der Waals surface area contributed by atoms with Crippen molar-refractivity contribution in [1.29, 1.82) is 0 Å². The summed E-state index contributed by atoms with van der Waals surface area (Å²) in [6.45, 7) is 0.473. The second-order valence-electron chi connectivity index (χ2n) is 8.02. The lowest BCUT2D eigenvalue weighted by Gasteiger charge is -2.11. The lowest BCUT2D eigenvalue weighted by atomic mass is 10.0. The lowest BCUT2D eigenvalue weighted by molar-refractivity contribution is 0.485. The molecular weight excluding hydrogens is 482 g/mol. The molecule has 3 aromatic carbocycles. The fourth-order valence-electron chi connectivity index (χ4n) is 4.19.